The van der Waals surface area contributed by atoms with E-state index in [2.05, 4.69) is 22.9 Å². The van der Waals surface area contributed by atoms with Gasteiger partial charge in [-0.05, 0) is 43.7 Å². The SMILES string of the molecule is CCC1CCCN(c2nccc(C)c2C#N)CC1. The molecule has 2 heterocycles. The van der Waals surface area contributed by atoms with Gasteiger partial charge in [0.25, 0.3) is 0 Å². The molecule has 0 aromatic carbocycles. The Bertz CT molecular complexity index is 448. The topological polar surface area (TPSA) is 39.9 Å². The molecule has 1 aliphatic rings. The maximum Gasteiger partial charge on any atom is 0.146 e. The minimum Gasteiger partial charge on any atom is -0.356 e. The molecule has 1 aromatic heterocycles. The van der Waals surface area contributed by atoms with E-state index in [1.807, 2.05) is 19.2 Å². The van der Waals surface area contributed by atoms with E-state index in [4.69, 9.17) is 0 Å². The van der Waals surface area contributed by atoms with E-state index in [0.29, 0.717) is 0 Å². The molecule has 3 heteroatoms. The molecular weight excluding hydrogens is 222 g/mol. The quantitative estimate of drug-likeness (QED) is 0.800. The van der Waals surface area contributed by atoms with Crippen LogP contribution in [0.25, 0.3) is 0 Å². The highest BCUT2D eigenvalue weighted by atomic mass is 15.2. The zero-order valence-electron chi connectivity index (χ0n) is 11.3. The molecule has 0 amide bonds. The second-order valence-corrected chi connectivity index (χ2v) is 5.13. The molecule has 1 aliphatic heterocycles. The largest absolute Gasteiger partial charge is 0.356 e. The predicted molar refractivity (Wildman–Crippen MR) is 73.5 cm³/mol. The molecule has 0 radical (unpaired) electrons. The molecule has 0 spiro atoms. The van der Waals surface area contributed by atoms with Crippen LogP contribution < -0.4 is 4.90 Å². The summed E-state index contributed by atoms with van der Waals surface area (Å²) in [6.45, 7) is 6.31. The van der Waals surface area contributed by atoms with E-state index in [0.717, 1.165) is 36.0 Å². The summed E-state index contributed by atoms with van der Waals surface area (Å²) in [5.74, 6) is 1.72. The van der Waals surface area contributed by atoms with E-state index >= 15 is 0 Å². The summed E-state index contributed by atoms with van der Waals surface area (Å²) in [5, 5.41) is 9.28. The number of nitrogens with zero attached hydrogens (tertiary/aromatic N) is 3. The van der Waals surface area contributed by atoms with Crippen LogP contribution in [-0.4, -0.2) is 18.1 Å². The van der Waals surface area contributed by atoms with Gasteiger partial charge in [0.05, 0.1) is 5.56 Å². The van der Waals surface area contributed by atoms with Gasteiger partial charge in [0.2, 0.25) is 0 Å². The van der Waals surface area contributed by atoms with Gasteiger partial charge in [-0.25, -0.2) is 4.98 Å². The first kappa shape index (κ1) is 12.9. The summed E-state index contributed by atoms with van der Waals surface area (Å²) in [4.78, 5) is 6.72. The van der Waals surface area contributed by atoms with Crippen molar-refractivity contribution < 1.29 is 0 Å². The van der Waals surface area contributed by atoms with Gasteiger partial charge in [0.15, 0.2) is 0 Å². The lowest BCUT2D eigenvalue weighted by Gasteiger charge is -2.23. The first-order valence-corrected chi connectivity index (χ1v) is 6.87. The van der Waals surface area contributed by atoms with Crippen molar-refractivity contribution in [3.8, 4) is 6.07 Å². The van der Waals surface area contributed by atoms with E-state index < -0.39 is 0 Å². The van der Waals surface area contributed by atoms with E-state index in [1.54, 1.807) is 0 Å². The lowest BCUT2D eigenvalue weighted by molar-refractivity contribution is 0.459. The van der Waals surface area contributed by atoms with Crippen LogP contribution in [0.2, 0.25) is 0 Å². The first-order chi connectivity index (χ1) is 8.76. The molecule has 0 saturated carbocycles. The van der Waals surface area contributed by atoms with E-state index in [1.165, 1.54) is 25.7 Å². The second-order valence-electron chi connectivity index (χ2n) is 5.13. The number of hydrogen-bond acceptors (Lipinski definition) is 3. The van der Waals surface area contributed by atoms with Gasteiger partial charge in [-0.2, -0.15) is 5.26 Å². The number of pyridine rings is 1. The van der Waals surface area contributed by atoms with E-state index in [-0.39, 0.29) is 0 Å². The third-order valence-electron chi connectivity index (χ3n) is 3.98. The summed E-state index contributed by atoms with van der Waals surface area (Å²) >= 11 is 0. The van der Waals surface area contributed by atoms with Crippen molar-refractivity contribution in [3.05, 3.63) is 23.4 Å². The van der Waals surface area contributed by atoms with Crippen LogP contribution in [0.4, 0.5) is 5.82 Å². The van der Waals surface area contributed by atoms with Crippen LogP contribution in [-0.2, 0) is 0 Å². The highest BCUT2D eigenvalue weighted by Gasteiger charge is 2.19. The Morgan fingerprint density at radius 2 is 2.28 bits per heavy atom. The molecule has 0 aliphatic carbocycles. The Morgan fingerprint density at radius 1 is 1.44 bits per heavy atom. The molecular formula is C15H21N3. The van der Waals surface area contributed by atoms with Crippen molar-refractivity contribution >= 4 is 5.82 Å². The molecule has 1 atom stereocenters. The number of hydrogen-bond donors (Lipinski definition) is 0. The summed E-state index contributed by atoms with van der Waals surface area (Å²) in [6, 6.07) is 4.21. The molecule has 96 valence electrons. The van der Waals surface area contributed by atoms with Crippen LogP contribution >= 0.6 is 0 Å². The second kappa shape index (κ2) is 5.86. The van der Waals surface area contributed by atoms with Crippen LogP contribution in [0.15, 0.2) is 12.3 Å². The van der Waals surface area contributed by atoms with E-state index in [9.17, 15) is 5.26 Å². The Balaban J connectivity index is 2.22. The van der Waals surface area contributed by atoms with Gasteiger partial charge in [0, 0.05) is 19.3 Å². The van der Waals surface area contributed by atoms with Crippen molar-refractivity contribution in [1.29, 1.82) is 5.26 Å². The summed E-state index contributed by atoms with van der Waals surface area (Å²) in [5.41, 5.74) is 1.77. The van der Waals surface area contributed by atoms with Crippen LogP contribution in [0.5, 0.6) is 0 Å². The highest BCUT2D eigenvalue weighted by Crippen LogP contribution is 2.26. The minimum atomic E-state index is 0.743. The third-order valence-corrected chi connectivity index (χ3v) is 3.98. The smallest absolute Gasteiger partial charge is 0.146 e. The lowest BCUT2D eigenvalue weighted by atomic mass is 9.98. The molecule has 1 aromatic rings. The average molecular weight is 243 g/mol. The van der Waals surface area contributed by atoms with Gasteiger partial charge in [0.1, 0.15) is 11.9 Å². The summed E-state index contributed by atoms with van der Waals surface area (Å²) < 4.78 is 0. The highest BCUT2D eigenvalue weighted by molar-refractivity contribution is 5.57. The van der Waals surface area contributed by atoms with Crippen molar-refractivity contribution in [2.45, 2.75) is 39.5 Å². The Labute approximate surface area is 109 Å². The number of anilines is 1. The Kier molecular flexibility index (Phi) is 4.19. The van der Waals surface area contributed by atoms with Crippen LogP contribution in [0.1, 0.15) is 43.7 Å². The number of aryl methyl sites for hydroxylation is 1. The standard InChI is InChI=1S/C15H21N3/c1-3-13-5-4-9-18(10-7-13)15-14(11-16)12(2)6-8-17-15/h6,8,13H,3-5,7,9-10H2,1-2H3. The van der Waals surface area contributed by atoms with Crippen LogP contribution in [0.3, 0.4) is 0 Å². The number of nitriles is 1. The van der Waals surface area contributed by atoms with Crippen molar-refractivity contribution in [2.75, 3.05) is 18.0 Å². The summed E-state index contributed by atoms with van der Waals surface area (Å²) in [6.07, 6.45) is 6.81. The Hall–Kier alpha value is -1.56. The predicted octanol–water partition coefficient (Wildman–Crippen LogP) is 3.28. The normalized spacial score (nSPS) is 20.3. The van der Waals surface area contributed by atoms with Gasteiger partial charge in [-0.1, -0.05) is 13.3 Å². The molecule has 3 nitrogen and oxygen atoms in total. The first-order valence-electron chi connectivity index (χ1n) is 6.87. The average Bonchev–Trinajstić information content (AvgIpc) is 2.63. The molecule has 2 rings (SSSR count). The van der Waals surface area contributed by atoms with Crippen molar-refractivity contribution in [1.82, 2.24) is 4.98 Å². The monoisotopic (exact) mass is 243 g/mol. The maximum absolute atomic E-state index is 9.28. The number of aromatic nitrogens is 1. The molecule has 1 unspecified atom stereocenters. The minimum absolute atomic E-state index is 0.743. The number of rotatable bonds is 2. The molecule has 18 heavy (non-hydrogen) atoms. The van der Waals surface area contributed by atoms with Gasteiger partial charge >= 0.3 is 0 Å². The zero-order valence-corrected chi connectivity index (χ0v) is 11.3. The van der Waals surface area contributed by atoms with Gasteiger partial charge < -0.3 is 4.90 Å². The van der Waals surface area contributed by atoms with Gasteiger partial charge in [-0.15, -0.1) is 0 Å². The fourth-order valence-corrected chi connectivity index (χ4v) is 2.71. The lowest BCUT2D eigenvalue weighted by Crippen LogP contribution is -2.26. The fourth-order valence-electron chi connectivity index (χ4n) is 2.71. The zero-order chi connectivity index (χ0) is 13.0. The van der Waals surface area contributed by atoms with Gasteiger partial charge in [-0.3, -0.25) is 0 Å². The third kappa shape index (κ3) is 2.64. The van der Waals surface area contributed by atoms with Crippen LogP contribution in [0, 0.1) is 24.2 Å². The Morgan fingerprint density at radius 3 is 3.00 bits per heavy atom. The fraction of sp³-hybridized carbons (Fsp3) is 0.600. The van der Waals surface area contributed by atoms with Crippen molar-refractivity contribution in [2.24, 2.45) is 5.92 Å². The molecule has 1 saturated heterocycles. The van der Waals surface area contributed by atoms with Crippen molar-refractivity contribution in [3.63, 3.8) is 0 Å². The molecule has 0 N–H and O–H groups in total. The molecule has 0 bridgehead atoms. The maximum atomic E-state index is 9.28. The summed E-state index contributed by atoms with van der Waals surface area (Å²) in [7, 11) is 0. The molecule has 1 fully saturated rings.